The maximum Gasteiger partial charge on any atom is 0.321 e. The van der Waals surface area contributed by atoms with Crippen molar-refractivity contribution < 1.29 is 4.79 Å². The van der Waals surface area contributed by atoms with Crippen molar-refractivity contribution in [2.24, 2.45) is 0 Å². The summed E-state index contributed by atoms with van der Waals surface area (Å²) in [5.41, 5.74) is 0.673. The highest BCUT2D eigenvalue weighted by atomic mass is 35.5. The van der Waals surface area contributed by atoms with Crippen LogP contribution in [0.1, 0.15) is 32.1 Å². The lowest BCUT2D eigenvalue weighted by atomic mass is 9.95. The van der Waals surface area contributed by atoms with Gasteiger partial charge in [0.05, 0.1) is 10.7 Å². The van der Waals surface area contributed by atoms with Gasteiger partial charge in [-0.2, -0.15) is 0 Å². The fraction of sp³-hybridized carbons (Fsp3) is 0.500. The summed E-state index contributed by atoms with van der Waals surface area (Å²) in [5.74, 6) is 0. The van der Waals surface area contributed by atoms with Crippen LogP contribution in [0.2, 0.25) is 5.02 Å². The maximum atomic E-state index is 12.1. The molecule has 1 fully saturated rings. The van der Waals surface area contributed by atoms with Gasteiger partial charge in [0.2, 0.25) is 0 Å². The molecule has 1 aliphatic carbocycles. The van der Waals surface area contributed by atoms with Crippen molar-refractivity contribution in [3.05, 3.63) is 29.3 Å². The number of hydrogen-bond donors (Lipinski definition) is 1. The molecule has 18 heavy (non-hydrogen) atoms. The van der Waals surface area contributed by atoms with Crippen molar-refractivity contribution in [3.63, 3.8) is 0 Å². The highest BCUT2D eigenvalue weighted by molar-refractivity contribution is 6.33. The molecule has 1 aromatic carbocycles. The van der Waals surface area contributed by atoms with Crippen LogP contribution in [-0.4, -0.2) is 24.0 Å². The number of para-hydroxylation sites is 1. The van der Waals surface area contributed by atoms with Crippen LogP contribution in [0.5, 0.6) is 0 Å². The van der Waals surface area contributed by atoms with Gasteiger partial charge in [0.25, 0.3) is 0 Å². The first-order valence-corrected chi connectivity index (χ1v) is 6.84. The summed E-state index contributed by atoms with van der Waals surface area (Å²) in [5, 5.41) is 3.43. The molecule has 2 amide bonds. The van der Waals surface area contributed by atoms with Gasteiger partial charge in [-0.3, -0.25) is 0 Å². The van der Waals surface area contributed by atoms with Gasteiger partial charge in [0.1, 0.15) is 0 Å². The summed E-state index contributed by atoms with van der Waals surface area (Å²) < 4.78 is 0. The molecule has 1 aliphatic rings. The third-order valence-corrected chi connectivity index (χ3v) is 3.89. The van der Waals surface area contributed by atoms with Crippen LogP contribution in [0, 0.1) is 0 Å². The van der Waals surface area contributed by atoms with Crippen LogP contribution in [0.4, 0.5) is 10.5 Å². The topological polar surface area (TPSA) is 32.3 Å². The van der Waals surface area contributed by atoms with E-state index in [1.165, 1.54) is 19.3 Å². The summed E-state index contributed by atoms with van der Waals surface area (Å²) in [6.45, 7) is 0. The molecule has 0 radical (unpaired) electrons. The first-order valence-electron chi connectivity index (χ1n) is 6.47. The predicted octanol–water partition coefficient (Wildman–Crippen LogP) is 4.14. The molecule has 0 unspecified atom stereocenters. The zero-order chi connectivity index (χ0) is 13.0. The minimum atomic E-state index is -0.0741. The highest BCUT2D eigenvalue weighted by Gasteiger charge is 2.22. The minimum absolute atomic E-state index is 0.0741. The summed E-state index contributed by atoms with van der Waals surface area (Å²) in [4.78, 5) is 13.9. The number of carbonyl (C=O) groups is 1. The second-order valence-electron chi connectivity index (χ2n) is 4.81. The molecule has 0 spiro atoms. The van der Waals surface area contributed by atoms with Gasteiger partial charge in [-0.05, 0) is 25.0 Å². The zero-order valence-electron chi connectivity index (χ0n) is 10.7. The Balaban J connectivity index is 1.97. The fourth-order valence-electron chi connectivity index (χ4n) is 2.40. The molecule has 3 nitrogen and oxygen atoms in total. The number of anilines is 1. The number of halogens is 1. The van der Waals surface area contributed by atoms with E-state index in [1.807, 2.05) is 30.1 Å². The Bertz CT molecular complexity index is 416. The monoisotopic (exact) mass is 266 g/mol. The van der Waals surface area contributed by atoms with Crippen LogP contribution in [0.3, 0.4) is 0 Å². The molecule has 0 saturated heterocycles. The quantitative estimate of drug-likeness (QED) is 0.857. The Morgan fingerprint density at radius 3 is 2.61 bits per heavy atom. The molecule has 0 bridgehead atoms. The van der Waals surface area contributed by atoms with Gasteiger partial charge >= 0.3 is 6.03 Å². The SMILES string of the molecule is CN(C(=O)Nc1ccccc1Cl)C1CCCCC1. The van der Waals surface area contributed by atoms with E-state index in [9.17, 15) is 4.79 Å². The Morgan fingerprint density at radius 1 is 1.28 bits per heavy atom. The number of urea groups is 1. The fourth-order valence-corrected chi connectivity index (χ4v) is 2.58. The predicted molar refractivity (Wildman–Crippen MR) is 75.1 cm³/mol. The van der Waals surface area contributed by atoms with Crippen LogP contribution >= 0.6 is 11.6 Å². The number of nitrogens with zero attached hydrogens (tertiary/aromatic N) is 1. The Hall–Kier alpha value is -1.22. The molecule has 1 aromatic rings. The van der Waals surface area contributed by atoms with Gasteiger partial charge in [-0.25, -0.2) is 4.79 Å². The second kappa shape index (κ2) is 6.10. The van der Waals surface area contributed by atoms with E-state index in [1.54, 1.807) is 6.07 Å². The van der Waals surface area contributed by atoms with E-state index < -0.39 is 0 Å². The molecule has 1 saturated carbocycles. The Labute approximate surface area is 113 Å². The Kier molecular flexibility index (Phi) is 4.48. The lowest BCUT2D eigenvalue weighted by Gasteiger charge is -2.31. The van der Waals surface area contributed by atoms with Crippen molar-refractivity contribution in [1.29, 1.82) is 0 Å². The van der Waals surface area contributed by atoms with Gasteiger partial charge in [0, 0.05) is 13.1 Å². The molecule has 0 atom stereocenters. The van der Waals surface area contributed by atoms with E-state index in [4.69, 9.17) is 11.6 Å². The third-order valence-electron chi connectivity index (χ3n) is 3.56. The zero-order valence-corrected chi connectivity index (χ0v) is 11.4. The smallest absolute Gasteiger partial charge is 0.321 e. The molecule has 2 rings (SSSR count). The molecular weight excluding hydrogens is 248 g/mol. The molecule has 4 heteroatoms. The second-order valence-corrected chi connectivity index (χ2v) is 5.22. The molecule has 0 heterocycles. The summed E-state index contributed by atoms with van der Waals surface area (Å²) in [6.07, 6.45) is 5.93. The van der Waals surface area contributed by atoms with Gasteiger partial charge in [-0.1, -0.05) is 43.0 Å². The van der Waals surface area contributed by atoms with Crippen molar-refractivity contribution in [2.75, 3.05) is 12.4 Å². The van der Waals surface area contributed by atoms with Crippen molar-refractivity contribution in [3.8, 4) is 0 Å². The summed E-state index contributed by atoms with van der Waals surface area (Å²) >= 11 is 6.03. The summed E-state index contributed by atoms with van der Waals surface area (Å²) in [6, 6.07) is 7.59. The Morgan fingerprint density at radius 2 is 1.94 bits per heavy atom. The van der Waals surface area contributed by atoms with Crippen LogP contribution in [0.25, 0.3) is 0 Å². The number of rotatable bonds is 2. The van der Waals surface area contributed by atoms with E-state index in [0.29, 0.717) is 16.8 Å². The number of hydrogen-bond acceptors (Lipinski definition) is 1. The van der Waals surface area contributed by atoms with Crippen LogP contribution in [-0.2, 0) is 0 Å². The molecule has 1 N–H and O–H groups in total. The highest BCUT2D eigenvalue weighted by Crippen LogP contribution is 2.24. The number of benzene rings is 1. The normalized spacial score (nSPS) is 16.3. The average molecular weight is 267 g/mol. The third kappa shape index (κ3) is 3.16. The molecule has 0 aliphatic heterocycles. The molecular formula is C14H19ClN2O. The first-order chi connectivity index (χ1) is 8.68. The average Bonchev–Trinajstić information content (AvgIpc) is 2.41. The molecule has 98 valence electrons. The lowest BCUT2D eigenvalue weighted by molar-refractivity contribution is 0.186. The van der Waals surface area contributed by atoms with Crippen LogP contribution in [0.15, 0.2) is 24.3 Å². The van der Waals surface area contributed by atoms with Crippen molar-refractivity contribution >= 4 is 23.3 Å². The molecule has 0 aromatic heterocycles. The number of nitrogens with one attached hydrogen (secondary N) is 1. The van der Waals surface area contributed by atoms with Crippen LogP contribution < -0.4 is 5.32 Å². The maximum absolute atomic E-state index is 12.1. The number of amides is 2. The van der Waals surface area contributed by atoms with E-state index >= 15 is 0 Å². The largest absolute Gasteiger partial charge is 0.325 e. The van der Waals surface area contributed by atoms with Gasteiger partial charge in [-0.15, -0.1) is 0 Å². The minimum Gasteiger partial charge on any atom is -0.325 e. The summed E-state index contributed by atoms with van der Waals surface area (Å²) in [7, 11) is 1.86. The van der Waals surface area contributed by atoms with Gasteiger partial charge < -0.3 is 10.2 Å². The van der Waals surface area contributed by atoms with E-state index in [2.05, 4.69) is 5.32 Å². The standard InChI is InChI=1S/C14H19ClN2O/c1-17(11-7-3-2-4-8-11)14(18)16-13-10-6-5-9-12(13)15/h5-6,9-11H,2-4,7-8H2,1H3,(H,16,18). The van der Waals surface area contributed by atoms with E-state index in [0.717, 1.165) is 12.8 Å². The lowest BCUT2D eigenvalue weighted by Crippen LogP contribution is -2.40. The number of carbonyl (C=O) groups excluding carboxylic acids is 1. The first kappa shape index (κ1) is 13.2. The van der Waals surface area contributed by atoms with Crippen molar-refractivity contribution in [1.82, 2.24) is 4.90 Å². The van der Waals surface area contributed by atoms with Gasteiger partial charge in [0.15, 0.2) is 0 Å². The van der Waals surface area contributed by atoms with E-state index in [-0.39, 0.29) is 6.03 Å². The van der Waals surface area contributed by atoms with Crippen molar-refractivity contribution in [2.45, 2.75) is 38.1 Å².